The Morgan fingerprint density at radius 3 is 2.58 bits per heavy atom. The van der Waals surface area contributed by atoms with E-state index < -0.39 is 10.0 Å². The van der Waals surface area contributed by atoms with Gasteiger partial charge in [-0.05, 0) is 19.1 Å². The van der Waals surface area contributed by atoms with Crippen LogP contribution in [0.5, 0.6) is 0 Å². The second kappa shape index (κ2) is 7.68. The molecule has 0 spiro atoms. The Morgan fingerprint density at radius 2 is 2.00 bits per heavy atom. The highest BCUT2D eigenvalue weighted by molar-refractivity contribution is 7.89. The minimum absolute atomic E-state index is 0.0670. The molecular formula is C16H20N4O4S2. The average Bonchev–Trinajstić information content (AvgIpc) is 2.98. The van der Waals surface area contributed by atoms with Gasteiger partial charge in [-0.2, -0.15) is 4.31 Å². The van der Waals surface area contributed by atoms with Gasteiger partial charge in [0.25, 0.3) is 0 Å². The third kappa shape index (κ3) is 3.87. The number of aromatic nitrogens is 2. The van der Waals surface area contributed by atoms with Crippen LogP contribution in [-0.2, 0) is 21.4 Å². The van der Waals surface area contributed by atoms with Crippen molar-refractivity contribution in [3.8, 4) is 0 Å². The first-order valence-corrected chi connectivity index (χ1v) is 10.5. The molecule has 0 bridgehead atoms. The third-order valence-electron chi connectivity index (χ3n) is 4.39. The van der Waals surface area contributed by atoms with Gasteiger partial charge < -0.3 is 9.47 Å². The molecule has 0 aromatic carbocycles. The average molecular weight is 396 g/mol. The van der Waals surface area contributed by atoms with Crippen LogP contribution in [-0.4, -0.2) is 59.3 Å². The predicted molar refractivity (Wildman–Crippen MR) is 97.5 cm³/mol. The Morgan fingerprint density at radius 1 is 1.27 bits per heavy atom. The number of piperazine rings is 1. The van der Waals surface area contributed by atoms with E-state index in [9.17, 15) is 18.0 Å². The van der Waals surface area contributed by atoms with Crippen LogP contribution < -0.4 is 4.87 Å². The van der Waals surface area contributed by atoms with Gasteiger partial charge in [-0.1, -0.05) is 11.3 Å². The summed E-state index contributed by atoms with van der Waals surface area (Å²) in [5, 5.41) is 1.77. The van der Waals surface area contributed by atoms with Gasteiger partial charge >= 0.3 is 4.87 Å². The quantitative estimate of drug-likeness (QED) is 0.735. The van der Waals surface area contributed by atoms with E-state index >= 15 is 0 Å². The molecule has 0 N–H and O–H groups in total. The SMILES string of the molecule is Cc1csc(=O)n1CCC(=O)N1CCN(S(=O)(=O)c2cccnc2)CC1. The summed E-state index contributed by atoms with van der Waals surface area (Å²) in [5.74, 6) is -0.0686. The summed E-state index contributed by atoms with van der Waals surface area (Å²) in [6, 6.07) is 3.10. The number of thiazole rings is 1. The number of hydrogen-bond donors (Lipinski definition) is 0. The largest absolute Gasteiger partial charge is 0.340 e. The fourth-order valence-electron chi connectivity index (χ4n) is 2.87. The summed E-state index contributed by atoms with van der Waals surface area (Å²) < 4.78 is 28.1. The Bertz CT molecular complexity index is 929. The zero-order valence-corrected chi connectivity index (χ0v) is 16.0. The highest BCUT2D eigenvalue weighted by atomic mass is 32.2. The van der Waals surface area contributed by atoms with Crippen LogP contribution in [0.15, 0.2) is 39.6 Å². The van der Waals surface area contributed by atoms with Crippen molar-refractivity contribution in [2.75, 3.05) is 26.2 Å². The molecule has 2 aromatic rings. The van der Waals surface area contributed by atoms with E-state index in [1.165, 1.54) is 22.8 Å². The molecule has 140 valence electrons. The smallest absolute Gasteiger partial charge is 0.307 e. The molecule has 0 atom stereocenters. The van der Waals surface area contributed by atoms with E-state index in [-0.39, 0.29) is 35.2 Å². The van der Waals surface area contributed by atoms with Gasteiger partial charge in [0.05, 0.1) is 0 Å². The van der Waals surface area contributed by atoms with E-state index in [0.29, 0.717) is 19.6 Å². The van der Waals surface area contributed by atoms with Crippen LogP contribution in [0.3, 0.4) is 0 Å². The van der Waals surface area contributed by atoms with E-state index in [2.05, 4.69) is 4.98 Å². The molecule has 1 saturated heterocycles. The van der Waals surface area contributed by atoms with Crippen molar-refractivity contribution in [2.45, 2.75) is 24.8 Å². The number of aryl methyl sites for hydroxylation is 1. The van der Waals surface area contributed by atoms with Crippen molar-refractivity contribution in [1.82, 2.24) is 18.8 Å². The van der Waals surface area contributed by atoms with Gasteiger partial charge in [0, 0.05) is 62.6 Å². The molecule has 3 heterocycles. The van der Waals surface area contributed by atoms with Gasteiger partial charge in [-0.3, -0.25) is 14.6 Å². The van der Waals surface area contributed by atoms with Crippen molar-refractivity contribution in [3.05, 3.63) is 45.3 Å². The van der Waals surface area contributed by atoms with Gasteiger partial charge in [0.1, 0.15) is 4.90 Å². The summed E-state index contributed by atoms with van der Waals surface area (Å²) in [4.78, 5) is 29.7. The van der Waals surface area contributed by atoms with E-state index in [4.69, 9.17) is 0 Å². The number of sulfonamides is 1. The van der Waals surface area contributed by atoms with Crippen molar-refractivity contribution < 1.29 is 13.2 Å². The number of nitrogens with zero attached hydrogens (tertiary/aromatic N) is 4. The summed E-state index contributed by atoms with van der Waals surface area (Å²) in [6.45, 7) is 3.37. The molecule has 26 heavy (non-hydrogen) atoms. The molecule has 1 aliphatic heterocycles. The number of carbonyl (C=O) groups excluding carboxylic acids is 1. The predicted octanol–water partition coefficient (Wildman–Crippen LogP) is 0.536. The fourth-order valence-corrected chi connectivity index (χ4v) is 5.01. The molecule has 1 amide bonds. The first-order chi connectivity index (χ1) is 12.4. The van der Waals surface area contributed by atoms with Crippen LogP contribution in [0.2, 0.25) is 0 Å². The molecule has 0 unspecified atom stereocenters. The van der Waals surface area contributed by atoms with Crippen molar-refractivity contribution in [2.24, 2.45) is 0 Å². The van der Waals surface area contributed by atoms with Crippen molar-refractivity contribution >= 4 is 27.3 Å². The Kier molecular flexibility index (Phi) is 5.54. The second-order valence-electron chi connectivity index (χ2n) is 6.02. The first kappa shape index (κ1) is 18.7. The number of pyridine rings is 1. The number of rotatable bonds is 5. The summed E-state index contributed by atoms with van der Waals surface area (Å²) >= 11 is 1.12. The molecule has 0 radical (unpaired) electrons. The lowest BCUT2D eigenvalue weighted by molar-refractivity contribution is -0.132. The Hall–Kier alpha value is -2.04. The summed E-state index contributed by atoms with van der Waals surface area (Å²) in [7, 11) is -3.58. The maximum atomic E-state index is 12.6. The minimum Gasteiger partial charge on any atom is -0.340 e. The molecule has 3 rings (SSSR count). The maximum Gasteiger partial charge on any atom is 0.307 e. The molecular weight excluding hydrogens is 376 g/mol. The van der Waals surface area contributed by atoms with Gasteiger partial charge in [-0.25, -0.2) is 8.42 Å². The van der Waals surface area contributed by atoms with E-state index in [1.54, 1.807) is 20.9 Å². The zero-order chi connectivity index (χ0) is 18.7. The lowest BCUT2D eigenvalue weighted by Gasteiger charge is -2.34. The number of hydrogen-bond acceptors (Lipinski definition) is 6. The Labute approximate surface area is 155 Å². The number of carbonyl (C=O) groups is 1. The summed E-state index contributed by atoms with van der Waals surface area (Å²) in [5.41, 5.74) is 0.847. The molecule has 0 saturated carbocycles. The highest BCUT2D eigenvalue weighted by Gasteiger charge is 2.30. The van der Waals surface area contributed by atoms with Crippen LogP contribution in [0.1, 0.15) is 12.1 Å². The molecule has 8 nitrogen and oxygen atoms in total. The third-order valence-corrected chi connectivity index (χ3v) is 7.15. The van der Waals surface area contributed by atoms with Crippen molar-refractivity contribution in [1.29, 1.82) is 0 Å². The first-order valence-electron chi connectivity index (χ1n) is 8.22. The minimum atomic E-state index is -3.58. The van der Waals surface area contributed by atoms with Gasteiger partial charge in [0.2, 0.25) is 15.9 Å². The van der Waals surface area contributed by atoms with Gasteiger partial charge in [-0.15, -0.1) is 0 Å². The van der Waals surface area contributed by atoms with Crippen LogP contribution >= 0.6 is 11.3 Å². The van der Waals surface area contributed by atoms with Crippen LogP contribution in [0.25, 0.3) is 0 Å². The lowest BCUT2D eigenvalue weighted by Crippen LogP contribution is -2.50. The van der Waals surface area contributed by atoms with Gasteiger partial charge in [0.15, 0.2) is 0 Å². The molecule has 1 fully saturated rings. The Balaban J connectivity index is 1.56. The van der Waals surface area contributed by atoms with E-state index in [0.717, 1.165) is 17.0 Å². The number of amides is 1. The van der Waals surface area contributed by atoms with Crippen LogP contribution in [0.4, 0.5) is 0 Å². The van der Waals surface area contributed by atoms with E-state index in [1.807, 2.05) is 6.92 Å². The standard InChI is InChI=1S/C16H20N4O4S2/c1-13-12-25-16(22)20(13)6-4-15(21)18-7-9-19(10-8-18)26(23,24)14-3-2-5-17-11-14/h2-3,5,11-12H,4,6-10H2,1H3. The second-order valence-corrected chi connectivity index (χ2v) is 8.78. The zero-order valence-electron chi connectivity index (χ0n) is 14.4. The molecule has 1 aliphatic rings. The molecule has 10 heteroatoms. The fraction of sp³-hybridized carbons (Fsp3) is 0.438. The monoisotopic (exact) mass is 396 g/mol. The molecule has 0 aliphatic carbocycles. The maximum absolute atomic E-state index is 12.6. The summed E-state index contributed by atoms with van der Waals surface area (Å²) in [6.07, 6.45) is 3.08. The van der Waals surface area contributed by atoms with Crippen LogP contribution in [0, 0.1) is 6.92 Å². The topological polar surface area (TPSA) is 92.6 Å². The lowest BCUT2D eigenvalue weighted by atomic mass is 10.3. The van der Waals surface area contributed by atoms with Crippen molar-refractivity contribution in [3.63, 3.8) is 0 Å². The molecule has 2 aromatic heterocycles. The normalized spacial score (nSPS) is 16.0. The highest BCUT2D eigenvalue weighted by Crippen LogP contribution is 2.17.